The third kappa shape index (κ3) is 7.75. The zero-order chi connectivity index (χ0) is 37.9. The lowest BCUT2D eigenvalue weighted by Gasteiger charge is -2.37. The minimum atomic E-state index is -0.465. The summed E-state index contributed by atoms with van der Waals surface area (Å²) >= 11 is 0. The first-order chi connectivity index (χ1) is 26.8. The van der Waals surface area contributed by atoms with Crippen molar-refractivity contribution in [3.63, 3.8) is 0 Å². The number of carbonyl (C=O) groups excluding carboxylic acids is 2. The van der Waals surface area contributed by atoms with E-state index in [1.165, 1.54) is 31.1 Å². The highest BCUT2D eigenvalue weighted by Gasteiger charge is 2.29. The Morgan fingerprint density at radius 3 is 2.51 bits per heavy atom. The Bertz CT molecular complexity index is 2270. The number of nitrogens with zero attached hydrogens (tertiary/aromatic N) is 11. The van der Waals surface area contributed by atoms with Crippen molar-refractivity contribution in [2.24, 2.45) is 5.92 Å². The van der Waals surface area contributed by atoms with Crippen molar-refractivity contribution in [3.05, 3.63) is 78.0 Å². The number of rotatable bonds is 10. The van der Waals surface area contributed by atoms with Gasteiger partial charge in [0, 0.05) is 61.9 Å². The molecule has 5 aromatic rings. The van der Waals surface area contributed by atoms with Crippen LogP contribution in [0.4, 0.5) is 11.4 Å². The van der Waals surface area contributed by atoms with Gasteiger partial charge in [0.05, 0.1) is 47.5 Å². The Morgan fingerprint density at radius 2 is 1.76 bits per heavy atom. The molecule has 2 saturated heterocycles. The molecule has 280 valence electrons. The normalized spacial score (nSPS) is 21.1. The summed E-state index contributed by atoms with van der Waals surface area (Å²) in [7, 11) is 0. The van der Waals surface area contributed by atoms with Gasteiger partial charge in [0.25, 0.3) is 0 Å². The summed E-state index contributed by atoms with van der Waals surface area (Å²) in [6.45, 7) is 6.92. The SMILES string of the molecule is C[C@H](C#N)Nc1cc(-n2ncc3cc(C#N)cnc32)ncc1-n1cc(C2CCC(CCN3CCN(c4ccc([C@H]5CCC(=O)NC5=O)cc4)CC3)CC2)nn1. The van der Waals surface area contributed by atoms with Crippen LogP contribution in [-0.2, 0) is 9.59 Å². The van der Waals surface area contributed by atoms with Gasteiger partial charge < -0.3 is 10.2 Å². The number of anilines is 2. The fourth-order valence-corrected chi connectivity index (χ4v) is 8.12. The lowest BCUT2D eigenvalue weighted by atomic mass is 9.79. The number of nitrogens with one attached hydrogen (secondary N) is 2. The predicted molar refractivity (Wildman–Crippen MR) is 205 cm³/mol. The van der Waals surface area contributed by atoms with E-state index in [1.807, 2.05) is 24.4 Å². The summed E-state index contributed by atoms with van der Waals surface area (Å²) in [5, 5.41) is 38.8. The van der Waals surface area contributed by atoms with Crippen molar-refractivity contribution in [1.82, 2.24) is 45.0 Å². The largest absolute Gasteiger partial charge is 0.369 e. The van der Waals surface area contributed by atoms with Crippen molar-refractivity contribution < 1.29 is 9.59 Å². The zero-order valence-electron chi connectivity index (χ0n) is 30.8. The number of hydrogen-bond donors (Lipinski definition) is 2. The summed E-state index contributed by atoms with van der Waals surface area (Å²) in [4.78, 5) is 37.9. The van der Waals surface area contributed by atoms with E-state index < -0.39 is 6.04 Å². The fourth-order valence-electron chi connectivity index (χ4n) is 8.12. The van der Waals surface area contributed by atoms with E-state index in [2.05, 4.69) is 70.1 Å². The van der Waals surface area contributed by atoms with Gasteiger partial charge in [-0.05, 0) is 81.7 Å². The van der Waals surface area contributed by atoms with Crippen LogP contribution in [0, 0.1) is 28.6 Å². The van der Waals surface area contributed by atoms with Crippen LogP contribution in [0.1, 0.15) is 80.5 Å². The van der Waals surface area contributed by atoms with Crippen LogP contribution in [0.3, 0.4) is 0 Å². The second-order valence-corrected chi connectivity index (χ2v) is 14.9. The van der Waals surface area contributed by atoms with Gasteiger partial charge in [-0.1, -0.05) is 17.3 Å². The van der Waals surface area contributed by atoms with Gasteiger partial charge in [0.1, 0.15) is 17.8 Å². The highest BCUT2D eigenvalue weighted by atomic mass is 16.2. The molecule has 2 aliphatic heterocycles. The van der Waals surface area contributed by atoms with Gasteiger partial charge in [0.15, 0.2) is 11.5 Å². The topological polar surface area (TPSA) is 187 Å². The third-order valence-corrected chi connectivity index (χ3v) is 11.3. The molecular formula is C40H43N13O2. The molecule has 15 heteroatoms. The van der Waals surface area contributed by atoms with E-state index in [9.17, 15) is 20.1 Å². The number of pyridine rings is 2. The molecule has 0 unspecified atom stereocenters. The molecule has 2 N–H and O–H groups in total. The minimum absolute atomic E-state index is 0.183. The molecule has 1 aliphatic carbocycles. The van der Waals surface area contributed by atoms with Crippen molar-refractivity contribution in [3.8, 4) is 23.6 Å². The number of benzene rings is 1. The average Bonchev–Trinajstić information content (AvgIpc) is 3.88. The first kappa shape index (κ1) is 35.8. The van der Waals surface area contributed by atoms with Crippen LogP contribution >= 0.6 is 0 Å². The van der Waals surface area contributed by atoms with E-state index in [0.29, 0.717) is 53.1 Å². The summed E-state index contributed by atoms with van der Waals surface area (Å²) in [6, 6.07) is 15.7. The second kappa shape index (κ2) is 15.7. The lowest BCUT2D eigenvalue weighted by Crippen LogP contribution is -2.47. The Kier molecular flexibility index (Phi) is 10.2. The van der Waals surface area contributed by atoms with Gasteiger partial charge in [-0.2, -0.15) is 20.3 Å². The summed E-state index contributed by atoms with van der Waals surface area (Å²) in [5.74, 6) is 0.933. The summed E-state index contributed by atoms with van der Waals surface area (Å²) < 4.78 is 3.34. The highest BCUT2D eigenvalue weighted by molar-refractivity contribution is 6.01. The second-order valence-electron chi connectivity index (χ2n) is 14.9. The number of nitriles is 2. The first-order valence-electron chi connectivity index (χ1n) is 19.1. The average molecular weight is 738 g/mol. The number of amides is 2. The molecule has 0 radical (unpaired) electrons. The zero-order valence-corrected chi connectivity index (χ0v) is 30.8. The number of piperazine rings is 1. The fraction of sp³-hybridized carbons (Fsp3) is 0.425. The van der Waals surface area contributed by atoms with Gasteiger partial charge in [-0.3, -0.25) is 19.8 Å². The maximum atomic E-state index is 12.3. The summed E-state index contributed by atoms with van der Waals surface area (Å²) in [6.07, 6.45) is 13.5. The molecule has 0 spiro atoms. The standard InChI is InChI=1S/C40H43N13O2/c1-26(20-41)46-34-19-37(53-39-31(23-45-53)18-28(21-42)22-44-39)43-24-36(34)52-25-35(48-49-52)30-4-2-27(3-5-30)12-13-50-14-16-51(17-15-50)32-8-6-29(7-9-32)33-10-11-38(54)47-40(33)55/h6-9,18-19,22-27,30,33H,2-5,10-17H2,1H3,(H,43,46)(H,47,54,55)/t26-,27?,30?,33-/m1/s1. The highest BCUT2D eigenvalue weighted by Crippen LogP contribution is 2.37. The molecule has 15 nitrogen and oxygen atoms in total. The number of aromatic nitrogens is 7. The van der Waals surface area contributed by atoms with E-state index in [-0.39, 0.29) is 17.7 Å². The number of carbonyl (C=O) groups is 2. The Morgan fingerprint density at radius 1 is 0.964 bits per heavy atom. The van der Waals surface area contributed by atoms with E-state index in [4.69, 9.17) is 0 Å². The van der Waals surface area contributed by atoms with E-state index in [0.717, 1.165) is 62.2 Å². The van der Waals surface area contributed by atoms with Crippen LogP contribution in [0.5, 0.6) is 0 Å². The number of fused-ring (bicyclic) bond motifs is 1. The van der Waals surface area contributed by atoms with E-state index in [1.54, 1.807) is 34.7 Å². The molecule has 55 heavy (non-hydrogen) atoms. The van der Waals surface area contributed by atoms with Crippen molar-refractivity contribution in [1.29, 1.82) is 10.5 Å². The summed E-state index contributed by atoms with van der Waals surface area (Å²) in [5.41, 5.74) is 5.50. The molecule has 2 amide bonds. The molecule has 4 aromatic heterocycles. The molecule has 0 bridgehead atoms. The minimum Gasteiger partial charge on any atom is -0.369 e. The molecule has 2 atom stereocenters. The van der Waals surface area contributed by atoms with Crippen molar-refractivity contribution in [2.75, 3.05) is 42.9 Å². The van der Waals surface area contributed by atoms with Crippen molar-refractivity contribution >= 4 is 34.2 Å². The Hall–Kier alpha value is -6.19. The first-order valence-corrected chi connectivity index (χ1v) is 19.1. The Balaban J connectivity index is 0.836. The molecule has 1 saturated carbocycles. The van der Waals surface area contributed by atoms with Crippen LogP contribution in [0.25, 0.3) is 22.5 Å². The van der Waals surface area contributed by atoms with Gasteiger partial charge in [-0.25, -0.2) is 14.6 Å². The number of imide groups is 1. The monoisotopic (exact) mass is 737 g/mol. The molecule has 3 fully saturated rings. The third-order valence-electron chi connectivity index (χ3n) is 11.3. The van der Waals surface area contributed by atoms with Crippen LogP contribution < -0.4 is 15.5 Å². The predicted octanol–water partition coefficient (Wildman–Crippen LogP) is 4.60. The van der Waals surface area contributed by atoms with Gasteiger partial charge >= 0.3 is 0 Å². The van der Waals surface area contributed by atoms with E-state index >= 15 is 0 Å². The smallest absolute Gasteiger partial charge is 0.234 e. The number of hydrogen-bond acceptors (Lipinski definition) is 12. The van der Waals surface area contributed by atoms with Crippen LogP contribution in [0.15, 0.2) is 61.2 Å². The lowest BCUT2D eigenvalue weighted by molar-refractivity contribution is -0.134. The molecule has 6 heterocycles. The molecular weight excluding hydrogens is 695 g/mol. The maximum Gasteiger partial charge on any atom is 0.234 e. The van der Waals surface area contributed by atoms with Crippen LogP contribution in [-0.4, -0.2) is 90.2 Å². The van der Waals surface area contributed by atoms with Crippen molar-refractivity contribution in [2.45, 2.75) is 69.7 Å². The van der Waals surface area contributed by atoms with Crippen LogP contribution in [0.2, 0.25) is 0 Å². The molecule has 8 rings (SSSR count). The molecule has 3 aliphatic rings. The number of piperidine rings is 1. The quantitative estimate of drug-likeness (QED) is 0.190. The van der Waals surface area contributed by atoms with Gasteiger partial charge in [0.2, 0.25) is 11.8 Å². The van der Waals surface area contributed by atoms with Gasteiger partial charge in [-0.15, -0.1) is 5.10 Å². The Labute approximate surface area is 319 Å². The maximum absolute atomic E-state index is 12.3. The molecule has 1 aromatic carbocycles.